The lowest BCUT2D eigenvalue weighted by atomic mass is 10.1. The van der Waals surface area contributed by atoms with Gasteiger partial charge in [-0.1, -0.05) is 28.1 Å². The molecule has 0 aliphatic carbocycles. The summed E-state index contributed by atoms with van der Waals surface area (Å²) in [7, 11) is -3.73. The van der Waals surface area contributed by atoms with Crippen LogP contribution in [0.1, 0.15) is 25.3 Å². The fourth-order valence-electron chi connectivity index (χ4n) is 2.89. The highest BCUT2D eigenvalue weighted by Gasteiger charge is 2.29. The molecular formula is C18H19BrN4O4S. The minimum atomic E-state index is -3.73. The van der Waals surface area contributed by atoms with Crippen molar-refractivity contribution in [2.75, 3.05) is 18.5 Å². The molecule has 0 bridgehead atoms. The number of hydrogen-bond acceptors (Lipinski definition) is 6. The van der Waals surface area contributed by atoms with E-state index in [0.29, 0.717) is 18.8 Å². The molecule has 1 fully saturated rings. The molecule has 28 heavy (non-hydrogen) atoms. The molecule has 1 heterocycles. The van der Waals surface area contributed by atoms with Gasteiger partial charge in [-0.2, -0.15) is 9.41 Å². The van der Waals surface area contributed by atoms with E-state index in [1.54, 1.807) is 6.92 Å². The van der Waals surface area contributed by atoms with Crippen LogP contribution in [0.2, 0.25) is 0 Å². The van der Waals surface area contributed by atoms with Crippen molar-refractivity contribution >= 4 is 43.0 Å². The first-order valence-electron chi connectivity index (χ1n) is 8.64. The van der Waals surface area contributed by atoms with Crippen LogP contribution in [-0.2, 0) is 10.0 Å². The van der Waals surface area contributed by atoms with Crippen LogP contribution in [-0.4, -0.2) is 36.4 Å². The van der Waals surface area contributed by atoms with Gasteiger partial charge < -0.3 is 0 Å². The molecule has 0 unspecified atom stereocenters. The second kappa shape index (κ2) is 8.38. The van der Waals surface area contributed by atoms with E-state index >= 15 is 0 Å². The zero-order chi connectivity index (χ0) is 20.3. The summed E-state index contributed by atoms with van der Waals surface area (Å²) in [6.07, 6.45) is 1.59. The minimum absolute atomic E-state index is 0.0831. The third kappa shape index (κ3) is 4.40. The van der Waals surface area contributed by atoms with Crippen LogP contribution < -0.4 is 5.43 Å². The summed E-state index contributed by atoms with van der Waals surface area (Å²) in [5.41, 5.74) is 3.96. The molecule has 0 radical (unpaired) electrons. The van der Waals surface area contributed by atoms with Gasteiger partial charge in [0, 0.05) is 23.6 Å². The molecule has 2 aromatic rings. The van der Waals surface area contributed by atoms with Crippen molar-refractivity contribution in [2.24, 2.45) is 5.10 Å². The Kier molecular flexibility index (Phi) is 6.11. The van der Waals surface area contributed by atoms with Crippen molar-refractivity contribution < 1.29 is 13.3 Å². The maximum Gasteiger partial charge on any atom is 0.295 e. The van der Waals surface area contributed by atoms with Crippen LogP contribution in [0.4, 0.5) is 11.4 Å². The van der Waals surface area contributed by atoms with Gasteiger partial charge in [0.2, 0.25) is 10.0 Å². The molecule has 0 amide bonds. The number of nitrogens with one attached hydrogen (secondary N) is 1. The van der Waals surface area contributed by atoms with Crippen LogP contribution in [0.5, 0.6) is 0 Å². The quantitative estimate of drug-likeness (QED) is 0.393. The van der Waals surface area contributed by atoms with Gasteiger partial charge in [0.15, 0.2) is 0 Å². The average molecular weight is 467 g/mol. The van der Waals surface area contributed by atoms with Crippen LogP contribution in [0, 0.1) is 10.1 Å². The number of rotatable bonds is 6. The highest BCUT2D eigenvalue weighted by Crippen LogP contribution is 2.30. The Bertz CT molecular complexity index is 1020. The van der Waals surface area contributed by atoms with E-state index in [0.717, 1.165) is 28.9 Å². The van der Waals surface area contributed by atoms with Gasteiger partial charge in [0.25, 0.3) is 5.69 Å². The summed E-state index contributed by atoms with van der Waals surface area (Å²) in [6.45, 7) is 2.65. The molecule has 0 spiro atoms. The third-order valence-electron chi connectivity index (χ3n) is 4.47. The molecule has 1 N–H and O–H groups in total. The molecule has 1 saturated heterocycles. The lowest BCUT2D eigenvalue weighted by molar-refractivity contribution is -0.384. The molecule has 0 aromatic heterocycles. The topological polar surface area (TPSA) is 105 Å². The standard InChI is InChI=1S/C18H19BrN4O4S/c1-13(14-4-6-15(19)7-5-14)20-21-17-9-8-16(12-18(17)23(24)25)28(26,27)22-10-2-3-11-22/h4-9,12,21H,2-3,10-11H2,1H3/b20-13+. The van der Waals surface area contributed by atoms with Crippen molar-refractivity contribution in [1.29, 1.82) is 0 Å². The molecule has 2 aromatic carbocycles. The molecule has 8 nitrogen and oxygen atoms in total. The second-order valence-corrected chi connectivity index (χ2v) is 9.22. The van der Waals surface area contributed by atoms with E-state index < -0.39 is 14.9 Å². The van der Waals surface area contributed by atoms with Gasteiger partial charge >= 0.3 is 0 Å². The number of hydrazone groups is 1. The highest BCUT2D eigenvalue weighted by molar-refractivity contribution is 9.10. The predicted octanol–water partition coefficient (Wildman–Crippen LogP) is 3.98. The molecule has 3 rings (SSSR count). The van der Waals surface area contributed by atoms with Crippen molar-refractivity contribution in [2.45, 2.75) is 24.7 Å². The van der Waals surface area contributed by atoms with E-state index in [2.05, 4.69) is 26.5 Å². The Labute approximate surface area is 171 Å². The number of halogens is 1. The smallest absolute Gasteiger partial charge is 0.271 e. The molecule has 1 aliphatic heterocycles. The van der Waals surface area contributed by atoms with Crippen molar-refractivity contribution in [3.8, 4) is 0 Å². The Hall–Kier alpha value is -2.30. The summed E-state index contributed by atoms with van der Waals surface area (Å²) in [5, 5.41) is 15.7. The molecule has 148 valence electrons. The van der Waals surface area contributed by atoms with Crippen molar-refractivity contribution in [3.63, 3.8) is 0 Å². The number of nitrogens with zero attached hydrogens (tertiary/aromatic N) is 3. The zero-order valence-electron chi connectivity index (χ0n) is 15.1. The molecular weight excluding hydrogens is 448 g/mol. The first-order chi connectivity index (χ1) is 13.3. The molecule has 0 saturated carbocycles. The van der Waals surface area contributed by atoms with Crippen LogP contribution in [0.15, 0.2) is 56.9 Å². The first-order valence-corrected chi connectivity index (χ1v) is 10.9. The van der Waals surface area contributed by atoms with Gasteiger partial charge in [-0.05, 0) is 49.6 Å². The molecule has 1 aliphatic rings. The van der Waals surface area contributed by atoms with E-state index in [4.69, 9.17) is 0 Å². The Morgan fingerprint density at radius 3 is 2.43 bits per heavy atom. The third-order valence-corrected chi connectivity index (χ3v) is 6.90. The fourth-order valence-corrected chi connectivity index (χ4v) is 4.70. The second-order valence-electron chi connectivity index (χ2n) is 6.36. The van der Waals surface area contributed by atoms with Gasteiger partial charge in [0.05, 0.1) is 15.5 Å². The predicted molar refractivity (Wildman–Crippen MR) is 111 cm³/mol. The van der Waals surface area contributed by atoms with Gasteiger partial charge in [-0.25, -0.2) is 8.42 Å². The van der Waals surface area contributed by atoms with Crippen LogP contribution >= 0.6 is 15.9 Å². The van der Waals surface area contributed by atoms with E-state index in [1.165, 1.54) is 16.4 Å². The number of benzene rings is 2. The zero-order valence-corrected chi connectivity index (χ0v) is 17.5. The molecule has 0 atom stereocenters. The summed E-state index contributed by atoms with van der Waals surface area (Å²) >= 11 is 3.36. The monoisotopic (exact) mass is 466 g/mol. The fraction of sp³-hybridized carbons (Fsp3) is 0.278. The van der Waals surface area contributed by atoms with E-state index in [-0.39, 0.29) is 16.3 Å². The number of hydrogen-bond donors (Lipinski definition) is 1. The van der Waals surface area contributed by atoms with Crippen LogP contribution in [0.3, 0.4) is 0 Å². The summed E-state index contributed by atoms with van der Waals surface area (Å²) in [5.74, 6) is 0. The number of nitro groups is 1. The number of anilines is 1. The first kappa shape index (κ1) is 20.4. The van der Waals surface area contributed by atoms with Gasteiger partial charge in [-0.15, -0.1) is 0 Å². The lowest BCUT2D eigenvalue weighted by Gasteiger charge is -2.15. The largest absolute Gasteiger partial charge is 0.295 e. The lowest BCUT2D eigenvalue weighted by Crippen LogP contribution is -2.27. The van der Waals surface area contributed by atoms with Crippen molar-refractivity contribution in [3.05, 3.63) is 62.6 Å². The van der Waals surface area contributed by atoms with Crippen molar-refractivity contribution in [1.82, 2.24) is 4.31 Å². The molecule has 10 heteroatoms. The number of sulfonamides is 1. The van der Waals surface area contributed by atoms with Gasteiger partial charge in [0.1, 0.15) is 5.69 Å². The van der Waals surface area contributed by atoms with E-state index in [1.807, 2.05) is 24.3 Å². The maximum absolute atomic E-state index is 12.7. The number of nitro benzene ring substituents is 1. The Morgan fingerprint density at radius 1 is 1.18 bits per heavy atom. The maximum atomic E-state index is 12.7. The van der Waals surface area contributed by atoms with Gasteiger partial charge in [-0.3, -0.25) is 15.5 Å². The summed E-state index contributed by atoms with van der Waals surface area (Å²) in [4.78, 5) is 10.8. The van der Waals surface area contributed by atoms with Crippen LogP contribution in [0.25, 0.3) is 0 Å². The summed E-state index contributed by atoms with van der Waals surface area (Å²) < 4.78 is 27.6. The SMILES string of the molecule is C/C(=N\Nc1ccc(S(=O)(=O)N2CCCC2)cc1[N+](=O)[O-])c1ccc(Br)cc1. The Balaban J connectivity index is 1.88. The van der Waals surface area contributed by atoms with E-state index in [9.17, 15) is 18.5 Å². The average Bonchev–Trinajstić information content (AvgIpc) is 3.22. The normalized spacial score (nSPS) is 15.6. The minimum Gasteiger partial charge on any atom is -0.271 e. The Morgan fingerprint density at radius 2 is 1.82 bits per heavy atom. The highest BCUT2D eigenvalue weighted by atomic mass is 79.9. The summed E-state index contributed by atoms with van der Waals surface area (Å²) in [6, 6.07) is 11.3.